The summed E-state index contributed by atoms with van der Waals surface area (Å²) in [5.74, 6) is 1.54. The van der Waals surface area contributed by atoms with Crippen LogP contribution in [0.15, 0.2) is 21.8 Å². The number of aromatic amines is 1. The van der Waals surface area contributed by atoms with Crippen molar-refractivity contribution >= 4 is 21.4 Å². The predicted molar refractivity (Wildman–Crippen MR) is 55.5 cm³/mol. The van der Waals surface area contributed by atoms with Crippen molar-refractivity contribution < 1.29 is 0 Å². The van der Waals surface area contributed by atoms with Gasteiger partial charge in [0.05, 0.1) is 0 Å². The number of imidazole rings is 1. The molecule has 2 aromatic heterocycles. The Morgan fingerprint density at radius 1 is 1.57 bits per heavy atom. The Morgan fingerprint density at radius 2 is 2.36 bits per heavy atom. The maximum Gasteiger partial charge on any atom is 0.275 e. The van der Waals surface area contributed by atoms with Crippen molar-refractivity contribution in [2.45, 2.75) is 18.8 Å². The molecule has 2 aromatic rings. The van der Waals surface area contributed by atoms with Crippen molar-refractivity contribution in [2.75, 3.05) is 0 Å². The number of nitrogens with one attached hydrogen (secondary N) is 1. The van der Waals surface area contributed by atoms with Gasteiger partial charge in [-0.1, -0.05) is 0 Å². The van der Waals surface area contributed by atoms with Gasteiger partial charge in [0.15, 0.2) is 0 Å². The van der Waals surface area contributed by atoms with Crippen molar-refractivity contribution in [1.29, 1.82) is 0 Å². The fourth-order valence-electron chi connectivity index (χ4n) is 1.66. The molecule has 0 aromatic carbocycles. The predicted octanol–water partition coefficient (Wildman–Crippen LogP) is 1.66. The summed E-state index contributed by atoms with van der Waals surface area (Å²) in [4.78, 5) is 18.5. The Kier molecular flexibility index (Phi) is 1.58. The maximum absolute atomic E-state index is 11.5. The van der Waals surface area contributed by atoms with Gasteiger partial charge in [-0.05, 0) is 28.8 Å². The molecule has 1 saturated carbocycles. The lowest BCUT2D eigenvalue weighted by atomic mass is 10.4. The van der Waals surface area contributed by atoms with Gasteiger partial charge in [0, 0.05) is 18.3 Å². The number of hydrogen-bond donors (Lipinski definition) is 1. The van der Waals surface area contributed by atoms with Crippen LogP contribution in [-0.2, 0) is 0 Å². The zero-order valence-electron chi connectivity index (χ0n) is 7.33. The first-order chi connectivity index (χ1) is 6.77. The summed E-state index contributed by atoms with van der Waals surface area (Å²) in [5, 5.41) is 0. The Balaban J connectivity index is 2.43. The summed E-state index contributed by atoms with van der Waals surface area (Å²) in [6, 6.07) is 0. The average molecular weight is 254 g/mol. The van der Waals surface area contributed by atoms with Gasteiger partial charge in [0.1, 0.15) is 15.9 Å². The van der Waals surface area contributed by atoms with Crippen molar-refractivity contribution in [1.82, 2.24) is 14.4 Å². The SMILES string of the molecule is O=c1[nH]ccn2c(C3CC3)nc(Br)c12. The minimum Gasteiger partial charge on any atom is -0.326 e. The highest BCUT2D eigenvalue weighted by Crippen LogP contribution is 2.40. The van der Waals surface area contributed by atoms with Gasteiger partial charge in [0.2, 0.25) is 0 Å². The van der Waals surface area contributed by atoms with E-state index in [1.807, 2.05) is 10.6 Å². The van der Waals surface area contributed by atoms with Gasteiger partial charge in [-0.15, -0.1) is 0 Å². The van der Waals surface area contributed by atoms with E-state index in [0.717, 1.165) is 5.82 Å². The second kappa shape index (κ2) is 2.70. The van der Waals surface area contributed by atoms with Crippen LogP contribution < -0.4 is 5.56 Å². The van der Waals surface area contributed by atoms with E-state index in [1.165, 1.54) is 12.8 Å². The molecule has 0 atom stereocenters. The fourth-order valence-corrected chi connectivity index (χ4v) is 2.21. The minimum absolute atomic E-state index is 0.0984. The van der Waals surface area contributed by atoms with Gasteiger partial charge in [0.25, 0.3) is 5.56 Å². The Hall–Kier alpha value is -1.10. The molecule has 0 aliphatic heterocycles. The third kappa shape index (κ3) is 1.05. The molecule has 14 heavy (non-hydrogen) atoms. The van der Waals surface area contributed by atoms with Crippen LogP contribution >= 0.6 is 15.9 Å². The number of hydrogen-bond acceptors (Lipinski definition) is 2. The number of halogens is 1. The number of aromatic nitrogens is 3. The molecular weight excluding hydrogens is 246 g/mol. The molecule has 1 aliphatic carbocycles. The van der Waals surface area contributed by atoms with E-state index in [4.69, 9.17) is 0 Å². The summed E-state index contributed by atoms with van der Waals surface area (Å²) in [5.41, 5.74) is 0.508. The lowest BCUT2D eigenvalue weighted by Crippen LogP contribution is -2.08. The second-order valence-electron chi connectivity index (χ2n) is 3.54. The van der Waals surface area contributed by atoms with Crippen LogP contribution in [-0.4, -0.2) is 14.4 Å². The highest BCUT2D eigenvalue weighted by atomic mass is 79.9. The molecular formula is C9H8BrN3O. The zero-order chi connectivity index (χ0) is 9.71. The quantitative estimate of drug-likeness (QED) is 0.841. The second-order valence-corrected chi connectivity index (χ2v) is 4.29. The van der Waals surface area contributed by atoms with Crippen molar-refractivity contribution in [3.05, 3.63) is 33.2 Å². The molecule has 4 nitrogen and oxygen atoms in total. The summed E-state index contributed by atoms with van der Waals surface area (Å²) >= 11 is 3.31. The van der Waals surface area contributed by atoms with Crippen LogP contribution in [0.3, 0.4) is 0 Å². The molecule has 1 aliphatic rings. The number of H-pyrrole nitrogens is 1. The van der Waals surface area contributed by atoms with Crippen molar-refractivity contribution in [3.8, 4) is 0 Å². The van der Waals surface area contributed by atoms with Crippen LogP contribution in [0.25, 0.3) is 5.52 Å². The third-order valence-corrected chi connectivity index (χ3v) is 3.04. The summed E-state index contributed by atoms with van der Waals surface area (Å²) in [6.07, 6.45) is 5.86. The number of fused-ring (bicyclic) bond motifs is 1. The maximum atomic E-state index is 11.5. The van der Waals surface area contributed by atoms with E-state index in [-0.39, 0.29) is 5.56 Å². The van der Waals surface area contributed by atoms with E-state index in [9.17, 15) is 4.79 Å². The smallest absolute Gasteiger partial charge is 0.275 e. The van der Waals surface area contributed by atoms with Crippen molar-refractivity contribution in [2.24, 2.45) is 0 Å². The molecule has 0 amide bonds. The van der Waals surface area contributed by atoms with Crippen LogP contribution in [0.1, 0.15) is 24.6 Å². The average Bonchev–Trinajstić information content (AvgIpc) is 2.93. The van der Waals surface area contributed by atoms with Crippen LogP contribution in [0.2, 0.25) is 0 Å². The monoisotopic (exact) mass is 253 g/mol. The molecule has 1 N–H and O–H groups in total. The molecule has 0 saturated heterocycles. The highest BCUT2D eigenvalue weighted by Gasteiger charge is 2.29. The van der Waals surface area contributed by atoms with E-state index in [0.29, 0.717) is 16.0 Å². The first kappa shape index (κ1) is 8.23. The van der Waals surface area contributed by atoms with E-state index in [1.54, 1.807) is 6.20 Å². The topological polar surface area (TPSA) is 50.2 Å². The molecule has 1 fully saturated rings. The van der Waals surface area contributed by atoms with Gasteiger partial charge < -0.3 is 4.98 Å². The molecule has 0 unspecified atom stereocenters. The van der Waals surface area contributed by atoms with Crippen molar-refractivity contribution in [3.63, 3.8) is 0 Å². The van der Waals surface area contributed by atoms with Crippen LogP contribution in [0, 0.1) is 0 Å². The molecule has 0 radical (unpaired) electrons. The third-order valence-electron chi connectivity index (χ3n) is 2.49. The molecule has 5 heteroatoms. The Labute approximate surface area is 88.1 Å². The molecule has 72 valence electrons. The number of rotatable bonds is 1. The van der Waals surface area contributed by atoms with Crippen LogP contribution in [0.5, 0.6) is 0 Å². The molecule has 3 rings (SSSR count). The molecule has 0 spiro atoms. The van der Waals surface area contributed by atoms with Gasteiger partial charge >= 0.3 is 0 Å². The van der Waals surface area contributed by atoms with Gasteiger partial charge in [-0.3, -0.25) is 9.20 Å². The first-order valence-electron chi connectivity index (χ1n) is 4.52. The standard InChI is InChI=1S/C9H8BrN3O/c10-7-6-9(14)11-3-4-13(6)8(12-7)5-1-2-5/h3-5H,1-2H2,(H,11,14). The number of nitrogens with zero attached hydrogens (tertiary/aromatic N) is 2. The Morgan fingerprint density at radius 3 is 3.07 bits per heavy atom. The van der Waals surface area contributed by atoms with Gasteiger partial charge in [-0.2, -0.15) is 0 Å². The van der Waals surface area contributed by atoms with E-state index < -0.39 is 0 Å². The van der Waals surface area contributed by atoms with E-state index in [2.05, 4.69) is 25.9 Å². The van der Waals surface area contributed by atoms with E-state index >= 15 is 0 Å². The summed E-state index contributed by atoms with van der Waals surface area (Å²) < 4.78 is 2.52. The summed E-state index contributed by atoms with van der Waals surface area (Å²) in [6.45, 7) is 0. The lowest BCUT2D eigenvalue weighted by molar-refractivity contribution is 0.909. The first-order valence-corrected chi connectivity index (χ1v) is 5.32. The lowest BCUT2D eigenvalue weighted by Gasteiger charge is -1.96. The zero-order valence-corrected chi connectivity index (χ0v) is 8.91. The molecule has 2 heterocycles. The van der Waals surface area contributed by atoms with Gasteiger partial charge in [-0.25, -0.2) is 4.98 Å². The largest absolute Gasteiger partial charge is 0.326 e. The van der Waals surface area contributed by atoms with Crippen LogP contribution in [0.4, 0.5) is 0 Å². The Bertz CT molecular complexity index is 553. The minimum atomic E-state index is -0.0984. The summed E-state index contributed by atoms with van der Waals surface area (Å²) in [7, 11) is 0. The normalized spacial score (nSPS) is 16.4. The fraction of sp³-hybridized carbons (Fsp3) is 0.333. The highest BCUT2D eigenvalue weighted by molar-refractivity contribution is 9.10. The molecule has 0 bridgehead atoms.